The highest BCUT2D eigenvalue weighted by atomic mass is 35.6. The van der Waals surface area contributed by atoms with Crippen molar-refractivity contribution in [2.75, 3.05) is 6.61 Å². The molecule has 580 valence electrons. The summed E-state index contributed by atoms with van der Waals surface area (Å²) in [5.74, 6) is -2.64. The number of alkyl halides is 6. The fourth-order valence-corrected chi connectivity index (χ4v) is 15.1. The molecule has 8 unspecified atom stereocenters. The molecule has 0 radical (unpaired) electrons. The van der Waals surface area contributed by atoms with Crippen LogP contribution in [0.15, 0.2) is 25.6 Å². The monoisotopic (exact) mass is 1570 g/mol. The summed E-state index contributed by atoms with van der Waals surface area (Å²) >= 11 is 34.2. The van der Waals surface area contributed by atoms with Crippen molar-refractivity contribution in [2.24, 2.45) is 96.6 Å². The van der Waals surface area contributed by atoms with E-state index < -0.39 is 142 Å². The number of rotatable bonds is 21. The maximum atomic E-state index is 13.0. The molecule has 39 heteroatoms. The summed E-state index contributed by atoms with van der Waals surface area (Å²) < 4.78 is 81.2. The minimum atomic E-state index is -2.14. The van der Waals surface area contributed by atoms with E-state index in [0.29, 0.717) is 13.0 Å². The van der Waals surface area contributed by atoms with Crippen molar-refractivity contribution in [3.05, 3.63) is 52.2 Å². The van der Waals surface area contributed by atoms with Crippen LogP contribution in [0.4, 0.5) is 0 Å². The maximum Gasteiger partial charge on any atom is 0.265 e. The first-order valence-corrected chi connectivity index (χ1v) is 37.4. The van der Waals surface area contributed by atoms with E-state index in [0.717, 1.165) is 19.3 Å². The van der Waals surface area contributed by atoms with Gasteiger partial charge in [0, 0.05) is 36.4 Å². The summed E-state index contributed by atoms with van der Waals surface area (Å²) in [4.78, 5) is 40.6. The predicted octanol–water partition coefficient (Wildman–Crippen LogP) is 16.2. The highest BCUT2D eigenvalue weighted by molar-refractivity contribution is 6.76. The number of carbonyl (C=O) groups excluding carboxylic acids is 2. The van der Waals surface area contributed by atoms with Crippen LogP contribution >= 0.6 is 69.6 Å². The highest BCUT2D eigenvalue weighted by Gasteiger charge is 2.56. The van der Waals surface area contributed by atoms with Crippen LogP contribution in [0.5, 0.6) is 0 Å². The second-order valence-corrected chi connectivity index (χ2v) is 32.9. The molecule has 0 spiro atoms. The van der Waals surface area contributed by atoms with Crippen LogP contribution in [0.25, 0.3) is 52.2 Å². The first-order chi connectivity index (χ1) is 48.4. The topological polar surface area (TPSA) is 455 Å². The Morgan fingerprint density at radius 1 is 0.388 bits per heavy atom. The van der Waals surface area contributed by atoms with Gasteiger partial charge in [-0.3, -0.25) is 20.4 Å². The molecule has 0 aromatic carbocycles. The number of Topliss-reactive ketones (excluding diaryl/α,β-unsaturated/α-hetero) is 2. The Balaban J connectivity index is 0.000000260. The second-order valence-electron chi connectivity index (χ2n) is 28.3. The van der Waals surface area contributed by atoms with Crippen LogP contribution in [0, 0.1) is 81.8 Å². The molecule has 8 aliphatic rings. The van der Waals surface area contributed by atoms with Gasteiger partial charge in [0.05, 0.1) is 73.6 Å². The fourth-order valence-electron chi connectivity index (χ4n) is 14.9. The van der Waals surface area contributed by atoms with Crippen molar-refractivity contribution in [3.8, 4) is 0 Å². The quantitative estimate of drug-likeness (QED) is 0.0269. The van der Waals surface area contributed by atoms with Gasteiger partial charge in [0.25, 0.3) is 7.59 Å². The number of nitrogens with zero attached hydrogens (tertiary/aromatic N) is 15. The van der Waals surface area contributed by atoms with E-state index in [1.54, 1.807) is 6.92 Å². The molecule has 0 amide bonds. The molecule has 0 aliphatic carbocycles. The van der Waals surface area contributed by atoms with E-state index in [-0.39, 0.29) is 101 Å². The number of ether oxygens (including phenoxy) is 14. The third kappa shape index (κ3) is 20.9. The molecule has 8 heterocycles. The number of hydrogen-bond acceptors (Lipinski definition) is 23. The summed E-state index contributed by atoms with van der Waals surface area (Å²) in [7, 11) is 0. The molecule has 8 saturated heterocycles. The van der Waals surface area contributed by atoms with Crippen molar-refractivity contribution in [2.45, 2.75) is 299 Å². The van der Waals surface area contributed by atoms with Crippen molar-refractivity contribution in [1.29, 1.82) is 10.8 Å². The smallest absolute Gasteiger partial charge is 0.265 e. The number of ketones is 2. The molecule has 8 rings (SSSR count). The predicted molar refractivity (Wildman–Crippen MR) is 381 cm³/mol. The molecule has 35 atom stereocenters. The number of nitrogens with one attached hydrogen (secondary N) is 2. The average Bonchev–Trinajstić information content (AvgIpc) is 1.66. The van der Waals surface area contributed by atoms with E-state index in [1.807, 2.05) is 90.0 Å². The molecule has 103 heavy (non-hydrogen) atoms. The Morgan fingerprint density at radius 3 is 1.03 bits per heavy atom. The molecule has 8 fully saturated rings. The van der Waals surface area contributed by atoms with Gasteiger partial charge in [0.2, 0.25) is 24.4 Å². The van der Waals surface area contributed by atoms with Gasteiger partial charge in [-0.25, -0.2) is 0 Å². The first-order valence-electron chi connectivity index (χ1n) is 35.1. The highest BCUT2D eigenvalue weighted by Crippen LogP contribution is 2.46. The van der Waals surface area contributed by atoms with Gasteiger partial charge in [-0.1, -0.05) is 206 Å². The number of fused-ring (bicyclic) bond motifs is 2. The zero-order valence-corrected chi connectivity index (χ0v) is 65.8. The van der Waals surface area contributed by atoms with Crippen LogP contribution in [-0.2, 0) is 75.9 Å². The number of hydrogen-bond donors (Lipinski definition) is 2. The van der Waals surface area contributed by atoms with Gasteiger partial charge < -0.3 is 66.3 Å². The zero-order chi connectivity index (χ0) is 77.0. The van der Waals surface area contributed by atoms with Gasteiger partial charge in [-0.05, 0) is 126 Å². The summed E-state index contributed by atoms with van der Waals surface area (Å²) in [5.41, 5.74) is 45.5. The molecule has 2 bridgehead atoms. The lowest BCUT2D eigenvalue weighted by Crippen LogP contribution is -2.60. The lowest BCUT2D eigenvalue weighted by Gasteiger charge is -2.50. The largest absolute Gasteiger partial charge is 0.448 e. The fraction of sp³-hybridized carbons (Fsp3) is 0.938. The molecule has 33 nitrogen and oxygen atoms in total. The van der Waals surface area contributed by atoms with E-state index in [1.165, 1.54) is 13.8 Å². The van der Waals surface area contributed by atoms with Crippen LogP contribution in [0.1, 0.15) is 150 Å². The van der Waals surface area contributed by atoms with Crippen LogP contribution in [0.2, 0.25) is 0 Å². The summed E-state index contributed by atoms with van der Waals surface area (Å²) in [6, 6.07) is -3.17. The Kier molecular flexibility index (Phi) is 33.3. The third-order valence-electron chi connectivity index (χ3n) is 22.3. The second kappa shape index (κ2) is 38.9. The number of halogens is 6. The lowest BCUT2D eigenvalue weighted by atomic mass is 9.80. The third-order valence-corrected chi connectivity index (χ3v) is 23.3. The van der Waals surface area contributed by atoms with Crippen LogP contribution in [0.3, 0.4) is 0 Å². The molecule has 0 aromatic rings. The van der Waals surface area contributed by atoms with E-state index in [4.69, 9.17) is 158 Å². The summed E-state index contributed by atoms with van der Waals surface area (Å²) in [6.45, 7) is 34.9. The minimum absolute atomic E-state index is 0.0113. The van der Waals surface area contributed by atoms with Crippen molar-refractivity contribution < 1.29 is 75.9 Å². The van der Waals surface area contributed by atoms with Crippen molar-refractivity contribution in [3.63, 3.8) is 0 Å². The maximum absolute atomic E-state index is 13.0. The van der Waals surface area contributed by atoms with Crippen molar-refractivity contribution in [1.82, 2.24) is 0 Å². The van der Waals surface area contributed by atoms with Crippen LogP contribution in [-0.4, -0.2) is 179 Å². The minimum Gasteiger partial charge on any atom is -0.448 e. The molecule has 0 saturated carbocycles. The van der Waals surface area contributed by atoms with E-state index in [9.17, 15) is 26.2 Å². The van der Waals surface area contributed by atoms with Crippen molar-refractivity contribution >= 4 is 93.0 Å². The van der Waals surface area contributed by atoms with E-state index >= 15 is 0 Å². The first kappa shape index (κ1) is 88.0. The Labute approximate surface area is 630 Å². The number of carbonyl (C=O) groups is 2. The van der Waals surface area contributed by atoms with Crippen LogP contribution < -0.4 is 0 Å². The number of azide groups is 5. The lowest BCUT2D eigenvalue weighted by molar-refractivity contribution is -0.332. The Bertz CT molecular complexity index is 3130. The van der Waals surface area contributed by atoms with E-state index in [2.05, 4.69) is 64.0 Å². The molecular weight excluding hydrogens is 1480 g/mol. The van der Waals surface area contributed by atoms with Gasteiger partial charge in [0.15, 0.2) is 43.0 Å². The molecular formula is C64H101Cl6N17O16. The molecule has 8 aliphatic heterocycles. The normalized spacial score (nSPS) is 43.0. The molecule has 2 N–H and O–H groups in total. The Hall–Kier alpha value is -3.91. The van der Waals surface area contributed by atoms with Gasteiger partial charge >= 0.3 is 0 Å². The molecule has 0 aromatic heterocycles. The Morgan fingerprint density at radius 2 is 0.689 bits per heavy atom. The standard InChI is InChI=1S/C28H44Cl3N7O7.C25H40N6O7.C11H17Cl3N4O2/c1-9-17-11(3)12(4)19(35-37-33)25(40-17)43-22-13(5)14(6)24(44-23(22)16(8)39)42-21-15(7)20(36-38-34)26(41-18(21)10-2)45-27(32)28(29,30)31;1-8-16-10(2)11(3)18(28-30-26)25(34-16)37-21-12(4)13(5)23(38-22(21)15(7)32)36-20-14(6)19(29-31-27)24-33-9-17(20)35-24;1-4-7-5(2)6(3)8(17-18-16)9(19-7)20-10(15)11(12,13)14/h11-15,17-26,32H,9-10H2,1-8H3;10-14,16-25H,8-9H2,1-7H3;5-9,15H,4H2,1-3H3/t11-,12-,13+,14?,15+,17-,18-,19?,20?,21-,22-,23-,24+,25+,26+;10-,11-,12+,13?,14+,16-,17?,18?,19?,20-,21-,22-,23+,24+,25+;5-,6-,7-,8?,9+/m000/s1. The summed E-state index contributed by atoms with van der Waals surface area (Å²) in [6.07, 6.45) is -8.65. The SMILES string of the molecule is CC[C@@H]1O[C@H](OC(=N)C(Cl)(Cl)Cl)C(N=[N+]=[N-])[C@@H](C)[C@@H]1C.CC[C@@H]1O[C@H](O[C@H]2[C@H](C)C(C)[C@H](O[C@@H]3C4CO[C@H](O4)C(N=[N+]=[N-])[C@H]3C)O[C@H]2C(C)=O)C(N=[N+]=[N-])[C@@H](C)[C@@H]1C.CC[C@@H]1O[C@H](O[C@H]2[C@H](C)C(C)[C@H](O[C@@H]3[C@H](CC)O[C@H](OC(=N)C(Cl)(Cl)Cl)C(N=[N+]=[N-])[C@H]3C)O[C@H]2C(C)=O)C(N=[N+]=[N-])[C@@H](C)[C@@H]1C. The average molecular weight is 1580 g/mol. The summed E-state index contributed by atoms with van der Waals surface area (Å²) in [5, 5.41) is 35.0. The van der Waals surface area contributed by atoms with Gasteiger partial charge in [0.1, 0.15) is 30.4 Å². The van der Waals surface area contributed by atoms with Gasteiger partial charge in [-0.2, -0.15) is 0 Å². The van der Waals surface area contributed by atoms with Gasteiger partial charge in [-0.15, -0.1) is 0 Å². The zero-order valence-electron chi connectivity index (χ0n) is 61.3.